The van der Waals surface area contributed by atoms with Gasteiger partial charge in [-0.05, 0) is 43.7 Å². The van der Waals surface area contributed by atoms with Crippen LogP contribution in [0.5, 0.6) is 0 Å². The van der Waals surface area contributed by atoms with Gasteiger partial charge in [0.1, 0.15) is 0 Å². The molecule has 0 spiro atoms. The van der Waals surface area contributed by atoms with Crippen LogP contribution in [0.2, 0.25) is 0 Å². The summed E-state index contributed by atoms with van der Waals surface area (Å²) in [5.41, 5.74) is 4.70. The summed E-state index contributed by atoms with van der Waals surface area (Å²) >= 11 is 0. The van der Waals surface area contributed by atoms with E-state index in [4.69, 9.17) is 0 Å². The van der Waals surface area contributed by atoms with Crippen molar-refractivity contribution in [1.29, 1.82) is 0 Å². The number of aromatic nitrogens is 1. The van der Waals surface area contributed by atoms with E-state index in [0.717, 1.165) is 5.70 Å². The molecule has 1 nitrogen and oxygen atoms in total. The van der Waals surface area contributed by atoms with E-state index in [9.17, 15) is 0 Å². The van der Waals surface area contributed by atoms with Gasteiger partial charge in [0, 0.05) is 16.8 Å². The number of nitrogens with zero attached hydrogens (tertiary/aromatic N) is 1. The van der Waals surface area contributed by atoms with Crippen LogP contribution in [0.3, 0.4) is 0 Å². The highest BCUT2D eigenvalue weighted by Gasteiger charge is 2.12. The number of rotatable bonds is 4. The van der Waals surface area contributed by atoms with Crippen LogP contribution in [0.4, 0.5) is 0 Å². The molecule has 0 saturated carbocycles. The molecule has 1 aromatic carbocycles. The average Bonchev–Trinajstić information content (AvgIpc) is 2.71. The van der Waals surface area contributed by atoms with Crippen LogP contribution in [-0.2, 0) is 0 Å². The van der Waals surface area contributed by atoms with E-state index >= 15 is 0 Å². The van der Waals surface area contributed by atoms with E-state index in [1.807, 2.05) is 19.1 Å². The van der Waals surface area contributed by atoms with E-state index in [-0.39, 0.29) is 0 Å². The third-order valence-electron chi connectivity index (χ3n) is 3.25. The fourth-order valence-corrected chi connectivity index (χ4v) is 2.41. The molecule has 0 aliphatic rings. The molecule has 0 atom stereocenters. The standard InChI is InChI=1S/C18H19N/c1-5-10-15(7-3)19-17(11-6-2)14(4)16-12-8-9-13-18(16)19/h5-13H,1,3H2,2,4H3/b11-6-,15-10+. The van der Waals surface area contributed by atoms with Crippen LogP contribution in [-0.4, -0.2) is 4.57 Å². The van der Waals surface area contributed by atoms with Crippen LogP contribution in [0, 0.1) is 6.92 Å². The zero-order valence-electron chi connectivity index (χ0n) is 11.6. The van der Waals surface area contributed by atoms with Crippen molar-refractivity contribution in [2.45, 2.75) is 13.8 Å². The molecule has 19 heavy (non-hydrogen) atoms. The molecular weight excluding hydrogens is 230 g/mol. The number of aryl methyl sites for hydroxylation is 1. The van der Waals surface area contributed by atoms with Crippen LogP contribution < -0.4 is 0 Å². The molecule has 1 heteroatoms. The third kappa shape index (κ3) is 2.19. The third-order valence-corrected chi connectivity index (χ3v) is 3.25. The van der Waals surface area contributed by atoms with E-state index < -0.39 is 0 Å². The molecule has 0 radical (unpaired) electrons. The molecule has 2 rings (SSSR count). The van der Waals surface area contributed by atoms with Gasteiger partial charge in [-0.25, -0.2) is 0 Å². The minimum atomic E-state index is 1.03. The maximum atomic E-state index is 3.91. The molecule has 0 unspecified atom stereocenters. The molecule has 1 aromatic heterocycles. The fourth-order valence-electron chi connectivity index (χ4n) is 2.41. The molecule has 0 amide bonds. The van der Waals surface area contributed by atoms with Crippen molar-refractivity contribution in [2.75, 3.05) is 0 Å². The summed E-state index contributed by atoms with van der Waals surface area (Å²) in [6, 6.07) is 8.43. The summed E-state index contributed by atoms with van der Waals surface area (Å²) in [6.07, 6.45) is 9.83. The second-order valence-corrected chi connectivity index (χ2v) is 4.39. The normalized spacial score (nSPS) is 12.2. The van der Waals surface area contributed by atoms with Gasteiger partial charge in [0.15, 0.2) is 0 Å². The quantitative estimate of drug-likeness (QED) is 0.657. The van der Waals surface area contributed by atoms with Gasteiger partial charge in [-0.2, -0.15) is 0 Å². The Morgan fingerprint density at radius 3 is 2.58 bits per heavy atom. The number of fused-ring (bicyclic) bond motifs is 1. The lowest BCUT2D eigenvalue weighted by molar-refractivity contribution is 1.14. The van der Waals surface area contributed by atoms with Gasteiger partial charge in [0.25, 0.3) is 0 Å². The second-order valence-electron chi connectivity index (χ2n) is 4.39. The molecule has 96 valence electrons. The summed E-state index contributed by atoms with van der Waals surface area (Å²) in [4.78, 5) is 0. The lowest BCUT2D eigenvalue weighted by atomic mass is 10.1. The summed E-state index contributed by atoms with van der Waals surface area (Å²) in [5, 5.41) is 1.27. The highest BCUT2D eigenvalue weighted by Crippen LogP contribution is 2.29. The van der Waals surface area contributed by atoms with Gasteiger partial charge in [-0.15, -0.1) is 0 Å². The molecule has 0 fully saturated rings. The zero-order valence-corrected chi connectivity index (χ0v) is 11.6. The lowest BCUT2D eigenvalue weighted by Gasteiger charge is -2.09. The van der Waals surface area contributed by atoms with Gasteiger partial charge in [0.2, 0.25) is 0 Å². The Labute approximate surface area is 114 Å². The summed E-state index contributed by atoms with van der Waals surface area (Å²) in [6.45, 7) is 11.9. The zero-order chi connectivity index (χ0) is 13.8. The van der Waals surface area contributed by atoms with Crippen molar-refractivity contribution >= 4 is 22.7 Å². The first-order valence-corrected chi connectivity index (χ1v) is 6.42. The number of benzene rings is 1. The van der Waals surface area contributed by atoms with Crippen LogP contribution in [0.1, 0.15) is 18.2 Å². The van der Waals surface area contributed by atoms with Crippen molar-refractivity contribution in [2.24, 2.45) is 0 Å². The lowest BCUT2D eigenvalue weighted by Crippen LogP contribution is -1.97. The molecule has 0 saturated heterocycles. The monoisotopic (exact) mass is 249 g/mol. The molecule has 1 heterocycles. The van der Waals surface area contributed by atoms with Gasteiger partial charge >= 0.3 is 0 Å². The van der Waals surface area contributed by atoms with Crippen molar-refractivity contribution < 1.29 is 0 Å². The first kappa shape index (κ1) is 13.2. The smallest absolute Gasteiger partial charge is 0.0537 e. The SMILES string of the molecule is C=C/C=C(\C=C)n1c(/C=C\C)c(C)c2ccccc21. The van der Waals surface area contributed by atoms with Crippen LogP contribution >= 0.6 is 0 Å². The Bertz CT molecular complexity index is 681. The first-order chi connectivity index (χ1) is 9.24. The Morgan fingerprint density at radius 1 is 1.21 bits per heavy atom. The molecule has 0 aliphatic heterocycles. The topological polar surface area (TPSA) is 4.93 Å². The molecule has 0 bridgehead atoms. The van der Waals surface area contributed by atoms with Gasteiger partial charge in [-0.3, -0.25) is 0 Å². The Morgan fingerprint density at radius 2 is 1.95 bits per heavy atom. The van der Waals surface area contributed by atoms with Crippen LogP contribution in [0.25, 0.3) is 22.7 Å². The van der Waals surface area contributed by atoms with E-state index in [1.54, 1.807) is 6.08 Å². The van der Waals surface area contributed by atoms with Gasteiger partial charge in [0.05, 0.1) is 5.52 Å². The number of para-hydroxylation sites is 1. The van der Waals surface area contributed by atoms with Crippen molar-refractivity contribution in [3.8, 4) is 0 Å². The Balaban J connectivity index is 2.90. The van der Waals surface area contributed by atoms with Crippen molar-refractivity contribution in [3.63, 3.8) is 0 Å². The summed E-state index contributed by atoms with van der Waals surface area (Å²) in [5.74, 6) is 0. The fraction of sp³-hybridized carbons (Fsp3) is 0.111. The average molecular weight is 249 g/mol. The van der Waals surface area contributed by atoms with Crippen molar-refractivity contribution in [3.05, 3.63) is 73.0 Å². The van der Waals surface area contributed by atoms with E-state index in [2.05, 4.69) is 61.1 Å². The summed E-state index contributed by atoms with van der Waals surface area (Å²) < 4.78 is 2.22. The van der Waals surface area contributed by atoms with Gasteiger partial charge < -0.3 is 4.57 Å². The minimum absolute atomic E-state index is 1.03. The Hall–Kier alpha value is -2.28. The molecular formula is C18H19N. The van der Waals surface area contributed by atoms with Gasteiger partial charge in [-0.1, -0.05) is 43.5 Å². The molecule has 0 N–H and O–H groups in total. The van der Waals surface area contributed by atoms with E-state index in [0.29, 0.717) is 0 Å². The maximum Gasteiger partial charge on any atom is 0.0537 e. The first-order valence-electron chi connectivity index (χ1n) is 6.42. The number of allylic oxidation sites excluding steroid dienone is 5. The van der Waals surface area contributed by atoms with E-state index in [1.165, 1.54) is 22.2 Å². The maximum absolute atomic E-state index is 3.91. The van der Waals surface area contributed by atoms with Crippen molar-refractivity contribution in [1.82, 2.24) is 4.57 Å². The molecule has 2 aromatic rings. The summed E-state index contributed by atoms with van der Waals surface area (Å²) in [7, 11) is 0. The second kappa shape index (κ2) is 5.57. The van der Waals surface area contributed by atoms with Crippen LogP contribution in [0.15, 0.2) is 61.7 Å². The largest absolute Gasteiger partial charge is 0.310 e. The molecule has 0 aliphatic carbocycles. The Kier molecular flexibility index (Phi) is 3.86. The highest BCUT2D eigenvalue weighted by molar-refractivity contribution is 5.92. The highest BCUT2D eigenvalue weighted by atomic mass is 15.0. The predicted molar refractivity (Wildman–Crippen MR) is 86.1 cm³/mol. The number of hydrogen-bond donors (Lipinski definition) is 0. The minimum Gasteiger partial charge on any atom is -0.310 e. The number of hydrogen-bond acceptors (Lipinski definition) is 0. The predicted octanol–water partition coefficient (Wildman–Crippen LogP) is 5.20.